The first-order valence-electron chi connectivity index (χ1n) is 12.4. The van der Waals surface area contributed by atoms with Crippen molar-refractivity contribution in [1.82, 2.24) is 9.80 Å². The SMILES string of the molecule is CCCOc1ccc(/C(O)=C2\C(=O)C(=O)N(CCN(CC)CC)C2c2cccc(OC)c2OC)cc1. The highest BCUT2D eigenvalue weighted by Crippen LogP contribution is 2.45. The van der Waals surface area contributed by atoms with E-state index in [1.807, 2.05) is 20.8 Å². The number of rotatable bonds is 12. The van der Waals surface area contributed by atoms with E-state index in [2.05, 4.69) is 4.90 Å². The molecule has 1 aliphatic rings. The van der Waals surface area contributed by atoms with Crippen LogP contribution < -0.4 is 14.2 Å². The highest BCUT2D eigenvalue weighted by Gasteiger charge is 2.47. The Hall–Kier alpha value is -3.52. The van der Waals surface area contributed by atoms with Gasteiger partial charge in [-0.1, -0.05) is 32.9 Å². The molecule has 36 heavy (non-hydrogen) atoms. The van der Waals surface area contributed by atoms with E-state index in [1.54, 1.807) is 42.5 Å². The number of Topliss-reactive ketones (excluding diaryl/α,β-unsaturated/α-hetero) is 1. The molecule has 0 radical (unpaired) electrons. The molecule has 0 spiro atoms. The molecule has 2 aromatic rings. The van der Waals surface area contributed by atoms with Gasteiger partial charge in [-0.3, -0.25) is 9.59 Å². The summed E-state index contributed by atoms with van der Waals surface area (Å²) >= 11 is 0. The van der Waals surface area contributed by atoms with Gasteiger partial charge in [0.2, 0.25) is 0 Å². The van der Waals surface area contributed by atoms with Gasteiger partial charge < -0.3 is 29.1 Å². The molecule has 1 aliphatic heterocycles. The number of hydrogen-bond donors (Lipinski definition) is 1. The lowest BCUT2D eigenvalue weighted by Gasteiger charge is -2.29. The van der Waals surface area contributed by atoms with Crippen molar-refractivity contribution >= 4 is 17.4 Å². The summed E-state index contributed by atoms with van der Waals surface area (Å²) < 4.78 is 16.7. The van der Waals surface area contributed by atoms with Crippen LogP contribution in [-0.2, 0) is 9.59 Å². The van der Waals surface area contributed by atoms with Crippen LogP contribution in [-0.4, -0.2) is 73.6 Å². The number of nitrogens with zero attached hydrogens (tertiary/aromatic N) is 2. The maximum Gasteiger partial charge on any atom is 0.295 e. The zero-order valence-electron chi connectivity index (χ0n) is 21.7. The van der Waals surface area contributed by atoms with E-state index in [9.17, 15) is 14.7 Å². The topological polar surface area (TPSA) is 88.5 Å². The summed E-state index contributed by atoms with van der Waals surface area (Å²) in [6.45, 7) is 9.25. The molecule has 194 valence electrons. The first kappa shape index (κ1) is 27.1. The fourth-order valence-corrected chi connectivity index (χ4v) is 4.43. The molecule has 0 aliphatic carbocycles. The van der Waals surface area contributed by atoms with E-state index >= 15 is 0 Å². The normalized spacial score (nSPS) is 17.1. The Morgan fingerprint density at radius 2 is 1.69 bits per heavy atom. The summed E-state index contributed by atoms with van der Waals surface area (Å²) in [7, 11) is 3.04. The van der Waals surface area contributed by atoms with E-state index < -0.39 is 17.7 Å². The second-order valence-electron chi connectivity index (χ2n) is 8.47. The fraction of sp³-hybridized carbons (Fsp3) is 0.429. The summed E-state index contributed by atoms with van der Waals surface area (Å²) in [6.07, 6.45) is 0.876. The molecule has 3 rings (SSSR count). The lowest BCUT2D eigenvalue weighted by molar-refractivity contribution is -0.140. The van der Waals surface area contributed by atoms with Crippen molar-refractivity contribution in [2.75, 3.05) is 47.0 Å². The van der Waals surface area contributed by atoms with E-state index in [4.69, 9.17) is 14.2 Å². The lowest BCUT2D eigenvalue weighted by Crippen LogP contribution is -2.38. The quantitative estimate of drug-likeness (QED) is 0.267. The van der Waals surface area contributed by atoms with Gasteiger partial charge in [0.1, 0.15) is 11.5 Å². The Balaban J connectivity index is 2.13. The third kappa shape index (κ3) is 5.49. The Morgan fingerprint density at radius 3 is 2.28 bits per heavy atom. The molecular weight excluding hydrogens is 460 g/mol. The average Bonchev–Trinajstić information content (AvgIpc) is 3.16. The number of hydrogen-bond acceptors (Lipinski definition) is 7. The summed E-state index contributed by atoms with van der Waals surface area (Å²) in [4.78, 5) is 30.3. The molecule has 0 saturated carbocycles. The van der Waals surface area contributed by atoms with Crippen LogP contribution in [0.25, 0.3) is 5.76 Å². The van der Waals surface area contributed by atoms with E-state index in [-0.39, 0.29) is 11.3 Å². The average molecular weight is 497 g/mol. The first-order valence-corrected chi connectivity index (χ1v) is 12.4. The van der Waals surface area contributed by atoms with Gasteiger partial charge in [-0.2, -0.15) is 0 Å². The highest BCUT2D eigenvalue weighted by atomic mass is 16.5. The van der Waals surface area contributed by atoms with Crippen LogP contribution in [0.2, 0.25) is 0 Å². The number of carbonyl (C=O) groups excluding carboxylic acids is 2. The van der Waals surface area contributed by atoms with Crippen LogP contribution in [0.4, 0.5) is 0 Å². The van der Waals surface area contributed by atoms with Crippen molar-refractivity contribution in [3.63, 3.8) is 0 Å². The van der Waals surface area contributed by atoms with Gasteiger partial charge in [-0.15, -0.1) is 0 Å². The van der Waals surface area contributed by atoms with Crippen molar-refractivity contribution in [3.05, 3.63) is 59.2 Å². The van der Waals surface area contributed by atoms with Crippen LogP contribution in [0.15, 0.2) is 48.0 Å². The molecule has 1 fully saturated rings. The Kier molecular flexibility index (Phi) is 9.36. The van der Waals surface area contributed by atoms with Crippen LogP contribution >= 0.6 is 0 Å². The number of amides is 1. The van der Waals surface area contributed by atoms with E-state index in [0.717, 1.165) is 19.5 Å². The number of aliphatic hydroxyl groups is 1. The third-order valence-electron chi connectivity index (χ3n) is 6.42. The van der Waals surface area contributed by atoms with Gasteiger partial charge in [-0.25, -0.2) is 0 Å². The molecule has 2 aromatic carbocycles. The molecule has 0 aromatic heterocycles. The maximum absolute atomic E-state index is 13.3. The molecule has 0 bridgehead atoms. The minimum absolute atomic E-state index is 0.0216. The van der Waals surface area contributed by atoms with Crippen molar-refractivity contribution < 1.29 is 28.9 Å². The van der Waals surface area contributed by atoms with Crippen LogP contribution in [0, 0.1) is 0 Å². The zero-order valence-corrected chi connectivity index (χ0v) is 21.7. The summed E-state index contributed by atoms with van der Waals surface area (Å²) in [5.74, 6) is -0.0693. The van der Waals surface area contributed by atoms with Gasteiger partial charge >= 0.3 is 0 Å². The second-order valence-corrected chi connectivity index (χ2v) is 8.47. The molecule has 1 saturated heterocycles. The number of ether oxygens (including phenoxy) is 3. The number of carbonyl (C=O) groups is 2. The van der Waals surface area contributed by atoms with Gasteiger partial charge in [0.25, 0.3) is 11.7 Å². The minimum Gasteiger partial charge on any atom is -0.507 e. The number of methoxy groups -OCH3 is 2. The maximum atomic E-state index is 13.3. The Labute approximate surface area is 213 Å². The molecule has 1 amide bonds. The summed E-state index contributed by atoms with van der Waals surface area (Å²) in [5.41, 5.74) is 1.01. The van der Waals surface area contributed by atoms with Gasteiger partial charge in [-0.05, 0) is 49.8 Å². The number of aliphatic hydroxyl groups excluding tert-OH is 1. The molecule has 1 heterocycles. The third-order valence-corrected chi connectivity index (χ3v) is 6.42. The molecule has 1 atom stereocenters. The van der Waals surface area contributed by atoms with Crippen LogP contribution in [0.3, 0.4) is 0 Å². The van der Waals surface area contributed by atoms with Crippen LogP contribution in [0.5, 0.6) is 17.2 Å². The largest absolute Gasteiger partial charge is 0.507 e. The minimum atomic E-state index is -0.832. The molecule has 1 unspecified atom stereocenters. The number of ketones is 1. The summed E-state index contributed by atoms with van der Waals surface area (Å²) in [6, 6.07) is 11.3. The first-order chi connectivity index (χ1) is 17.4. The van der Waals surface area contributed by atoms with Crippen molar-refractivity contribution in [2.45, 2.75) is 33.2 Å². The van der Waals surface area contributed by atoms with Crippen molar-refractivity contribution in [2.24, 2.45) is 0 Å². The number of likely N-dealkylation sites (N-methyl/N-ethyl adjacent to an activating group) is 1. The standard InChI is InChI=1S/C28H36N2O6/c1-6-18-36-20-14-12-19(13-15-20)25(31)23-24(21-10-9-11-22(34-4)27(21)35-5)30(28(33)26(23)32)17-16-29(7-2)8-3/h9-15,24,31H,6-8,16-18H2,1-5H3/b25-23+. The molecule has 1 N–H and O–H groups in total. The molecule has 8 heteroatoms. The van der Waals surface area contributed by atoms with Crippen LogP contribution in [0.1, 0.15) is 44.4 Å². The summed E-state index contributed by atoms with van der Waals surface area (Å²) in [5, 5.41) is 11.3. The molecule has 8 nitrogen and oxygen atoms in total. The van der Waals surface area contributed by atoms with Gasteiger partial charge in [0, 0.05) is 24.2 Å². The highest BCUT2D eigenvalue weighted by molar-refractivity contribution is 6.46. The van der Waals surface area contributed by atoms with Gasteiger partial charge in [0.15, 0.2) is 11.5 Å². The fourth-order valence-electron chi connectivity index (χ4n) is 4.43. The predicted octanol–water partition coefficient (Wildman–Crippen LogP) is 4.26. The van der Waals surface area contributed by atoms with Gasteiger partial charge in [0.05, 0.1) is 32.4 Å². The molecular formula is C28H36N2O6. The predicted molar refractivity (Wildman–Crippen MR) is 139 cm³/mol. The zero-order chi connectivity index (χ0) is 26.2. The second kappa shape index (κ2) is 12.4. The lowest BCUT2D eigenvalue weighted by atomic mass is 9.94. The number of likely N-dealkylation sites (tertiary alicyclic amines) is 1. The number of benzene rings is 2. The van der Waals surface area contributed by atoms with Crippen molar-refractivity contribution in [3.8, 4) is 17.2 Å². The van der Waals surface area contributed by atoms with E-state index in [1.165, 1.54) is 19.1 Å². The Morgan fingerprint density at radius 1 is 1.00 bits per heavy atom. The monoisotopic (exact) mass is 496 g/mol. The smallest absolute Gasteiger partial charge is 0.295 e. The Bertz CT molecular complexity index is 1090. The van der Waals surface area contributed by atoms with E-state index in [0.29, 0.717) is 48.1 Å². The number of para-hydroxylation sites is 1. The van der Waals surface area contributed by atoms with Crippen molar-refractivity contribution in [1.29, 1.82) is 0 Å².